The zero-order valence-corrected chi connectivity index (χ0v) is 20.4. The molecule has 0 unspecified atom stereocenters. The van der Waals surface area contributed by atoms with E-state index in [0.717, 1.165) is 54.9 Å². The lowest BCUT2D eigenvalue weighted by molar-refractivity contribution is -0.117. The van der Waals surface area contributed by atoms with Gasteiger partial charge in [0.1, 0.15) is 0 Å². The Morgan fingerprint density at radius 3 is 2.59 bits per heavy atom. The van der Waals surface area contributed by atoms with Gasteiger partial charge in [-0.3, -0.25) is 4.79 Å². The fraction of sp³-hybridized carbons (Fsp3) is 0.565. The molecule has 0 atom stereocenters. The van der Waals surface area contributed by atoms with E-state index >= 15 is 0 Å². The molecular formula is C23H32N4O3S2. The summed E-state index contributed by atoms with van der Waals surface area (Å²) in [4.78, 5) is 18.1. The number of hydrogen-bond donors (Lipinski definition) is 3. The highest BCUT2D eigenvalue weighted by molar-refractivity contribution is 7.89. The number of piperidine rings is 1. The number of aryl methyl sites for hydroxylation is 2. The van der Waals surface area contributed by atoms with Crippen LogP contribution in [0.5, 0.6) is 0 Å². The van der Waals surface area contributed by atoms with E-state index in [-0.39, 0.29) is 11.9 Å². The Kier molecular flexibility index (Phi) is 7.29. The van der Waals surface area contributed by atoms with Crippen LogP contribution >= 0.6 is 11.3 Å². The summed E-state index contributed by atoms with van der Waals surface area (Å²) in [7, 11) is -3.62. The van der Waals surface area contributed by atoms with Crippen molar-refractivity contribution >= 4 is 32.4 Å². The van der Waals surface area contributed by atoms with Crippen LogP contribution in [0, 0.1) is 19.8 Å². The fourth-order valence-corrected chi connectivity index (χ4v) is 7.17. The van der Waals surface area contributed by atoms with Crippen molar-refractivity contribution in [3.8, 4) is 10.4 Å². The number of carbonyl (C=O) groups excluding carboxylic acids is 1. The molecule has 2 fully saturated rings. The third-order valence-electron chi connectivity index (χ3n) is 6.39. The molecule has 1 aromatic heterocycles. The minimum Gasteiger partial charge on any atom is -0.317 e. The number of aromatic nitrogens is 1. The van der Waals surface area contributed by atoms with Crippen molar-refractivity contribution in [3.63, 3.8) is 0 Å². The van der Waals surface area contributed by atoms with Gasteiger partial charge in [-0.25, -0.2) is 18.1 Å². The van der Waals surface area contributed by atoms with Gasteiger partial charge in [-0.15, -0.1) is 0 Å². The highest BCUT2D eigenvalue weighted by Gasteiger charge is 2.24. The maximum absolute atomic E-state index is 13.1. The van der Waals surface area contributed by atoms with Crippen LogP contribution in [-0.2, 0) is 14.8 Å². The number of nitrogens with one attached hydrogen (secondary N) is 3. The summed E-state index contributed by atoms with van der Waals surface area (Å²) in [5.74, 6) is 0.489. The number of thiazole rings is 1. The number of sulfonamides is 1. The highest BCUT2D eigenvalue weighted by Crippen LogP contribution is 2.35. The molecule has 1 saturated carbocycles. The molecule has 2 aromatic rings. The third kappa shape index (κ3) is 5.57. The zero-order chi connectivity index (χ0) is 22.7. The number of hydrogen-bond acceptors (Lipinski definition) is 6. The lowest BCUT2D eigenvalue weighted by Crippen LogP contribution is -2.42. The summed E-state index contributed by atoms with van der Waals surface area (Å²) in [5.41, 5.74) is 2.29. The molecule has 2 heterocycles. The van der Waals surface area contributed by atoms with E-state index < -0.39 is 10.0 Å². The van der Waals surface area contributed by atoms with Crippen LogP contribution in [0.15, 0.2) is 23.1 Å². The van der Waals surface area contributed by atoms with Crippen molar-refractivity contribution in [3.05, 3.63) is 29.5 Å². The normalized spacial score (nSPS) is 18.2. The Morgan fingerprint density at radius 2 is 1.88 bits per heavy atom. The first-order chi connectivity index (χ1) is 15.3. The Labute approximate surface area is 194 Å². The van der Waals surface area contributed by atoms with Crippen molar-refractivity contribution in [1.29, 1.82) is 0 Å². The van der Waals surface area contributed by atoms with Gasteiger partial charge < -0.3 is 10.6 Å². The molecule has 9 heteroatoms. The van der Waals surface area contributed by atoms with Crippen LogP contribution < -0.4 is 15.4 Å². The summed E-state index contributed by atoms with van der Waals surface area (Å²) in [6.07, 6.45) is 6.80. The molecule has 1 amide bonds. The smallest absolute Gasteiger partial charge is 0.241 e. The largest absolute Gasteiger partial charge is 0.317 e. The van der Waals surface area contributed by atoms with Gasteiger partial charge in [0.05, 0.1) is 15.5 Å². The van der Waals surface area contributed by atoms with E-state index in [1.165, 1.54) is 24.2 Å². The summed E-state index contributed by atoms with van der Waals surface area (Å²) in [6, 6.07) is 5.44. The molecule has 1 aliphatic heterocycles. The number of benzene rings is 1. The Morgan fingerprint density at radius 1 is 1.16 bits per heavy atom. The van der Waals surface area contributed by atoms with Crippen molar-refractivity contribution in [2.24, 2.45) is 5.92 Å². The third-order valence-corrected chi connectivity index (χ3v) is 9.18. The molecule has 1 saturated heterocycles. The van der Waals surface area contributed by atoms with Gasteiger partial charge in [0.25, 0.3) is 0 Å². The van der Waals surface area contributed by atoms with E-state index in [9.17, 15) is 13.2 Å². The van der Waals surface area contributed by atoms with Crippen LogP contribution in [0.1, 0.15) is 56.2 Å². The highest BCUT2D eigenvalue weighted by atomic mass is 32.2. The molecule has 4 rings (SSSR count). The number of nitrogens with zero attached hydrogens (tertiary/aromatic N) is 1. The molecule has 2 aliphatic rings. The number of rotatable bonds is 7. The predicted octanol–water partition coefficient (Wildman–Crippen LogP) is 3.98. The lowest BCUT2D eigenvalue weighted by Gasteiger charge is -2.24. The maximum Gasteiger partial charge on any atom is 0.241 e. The van der Waals surface area contributed by atoms with Crippen LogP contribution in [-0.4, -0.2) is 38.4 Å². The van der Waals surface area contributed by atoms with Gasteiger partial charge in [-0.2, -0.15) is 0 Å². The molecule has 1 aromatic carbocycles. The molecule has 7 nitrogen and oxygen atoms in total. The van der Waals surface area contributed by atoms with Crippen LogP contribution in [0.25, 0.3) is 10.4 Å². The quantitative estimate of drug-likeness (QED) is 0.561. The Hall–Kier alpha value is -1.81. The van der Waals surface area contributed by atoms with E-state index in [0.29, 0.717) is 27.9 Å². The van der Waals surface area contributed by atoms with E-state index in [1.54, 1.807) is 6.07 Å². The zero-order valence-electron chi connectivity index (χ0n) is 18.7. The first-order valence-corrected chi connectivity index (χ1v) is 13.7. The molecular weight excluding hydrogens is 444 g/mol. The second-order valence-electron chi connectivity index (χ2n) is 8.96. The minimum atomic E-state index is -3.62. The molecule has 1 aliphatic carbocycles. The van der Waals surface area contributed by atoms with Gasteiger partial charge in [0.15, 0.2) is 5.13 Å². The van der Waals surface area contributed by atoms with Crippen LogP contribution in [0.2, 0.25) is 0 Å². The summed E-state index contributed by atoms with van der Waals surface area (Å²) < 4.78 is 29.1. The molecule has 174 valence electrons. The topological polar surface area (TPSA) is 100 Å². The standard InChI is InChI=1S/C23H32N4O3S2/c1-15-7-8-18(14-20(15)32(29,30)27-19-9-11-24-12-10-19)22-16(2)25-23(31-22)26-21(28)13-17-5-3-4-6-17/h7-8,14,17,19,24,27H,3-6,9-13H2,1-2H3,(H,25,26,28). The first kappa shape index (κ1) is 23.4. The number of amides is 1. The molecule has 0 spiro atoms. The Bertz CT molecular complexity index is 1070. The molecule has 3 N–H and O–H groups in total. The van der Waals surface area contributed by atoms with E-state index in [2.05, 4.69) is 20.3 Å². The van der Waals surface area contributed by atoms with Gasteiger partial charge in [0, 0.05) is 12.5 Å². The van der Waals surface area contributed by atoms with Gasteiger partial charge in [-0.05, 0) is 75.7 Å². The average Bonchev–Trinajstić information content (AvgIpc) is 3.38. The second kappa shape index (κ2) is 9.99. The van der Waals surface area contributed by atoms with Crippen molar-refractivity contribution in [1.82, 2.24) is 15.0 Å². The van der Waals surface area contributed by atoms with Crippen molar-refractivity contribution in [2.75, 3.05) is 18.4 Å². The fourth-order valence-electron chi connectivity index (χ4n) is 4.62. The summed E-state index contributed by atoms with van der Waals surface area (Å²) >= 11 is 1.39. The lowest BCUT2D eigenvalue weighted by atomic mass is 10.0. The Balaban J connectivity index is 1.52. The summed E-state index contributed by atoms with van der Waals surface area (Å²) in [6.45, 7) is 5.35. The average molecular weight is 477 g/mol. The van der Waals surface area contributed by atoms with Crippen LogP contribution in [0.3, 0.4) is 0 Å². The number of carbonyl (C=O) groups is 1. The van der Waals surface area contributed by atoms with Crippen molar-refractivity contribution < 1.29 is 13.2 Å². The first-order valence-electron chi connectivity index (χ1n) is 11.4. The molecule has 0 radical (unpaired) electrons. The van der Waals surface area contributed by atoms with Crippen molar-refractivity contribution in [2.45, 2.75) is 69.7 Å². The van der Waals surface area contributed by atoms with Crippen LogP contribution in [0.4, 0.5) is 5.13 Å². The number of anilines is 1. The van der Waals surface area contributed by atoms with E-state index in [4.69, 9.17) is 0 Å². The summed E-state index contributed by atoms with van der Waals surface area (Å²) in [5, 5.41) is 6.76. The van der Waals surface area contributed by atoms with Gasteiger partial charge >= 0.3 is 0 Å². The van der Waals surface area contributed by atoms with Gasteiger partial charge in [0.2, 0.25) is 15.9 Å². The monoisotopic (exact) mass is 476 g/mol. The predicted molar refractivity (Wildman–Crippen MR) is 128 cm³/mol. The molecule has 0 bridgehead atoms. The molecule has 32 heavy (non-hydrogen) atoms. The maximum atomic E-state index is 13.1. The SMILES string of the molecule is Cc1ccc(-c2sc(NC(=O)CC3CCCC3)nc2C)cc1S(=O)(=O)NC1CCNCC1. The minimum absolute atomic E-state index is 0.00976. The second-order valence-corrected chi connectivity index (χ2v) is 11.6. The van der Waals surface area contributed by atoms with E-state index in [1.807, 2.05) is 26.0 Å². The van der Waals surface area contributed by atoms with Gasteiger partial charge in [-0.1, -0.05) is 36.3 Å².